The van der Waals surface area contributed by atoms with Crippen molar-refractivity contribution in [2.24, 2.45) is 13.0 Å². The maximum Gasteiger partial charge on any atom is 0.241 e. The number of hydrogen-bond donors (Lipinski definition) is 1. The van der Waals surface area contributed by atoms with Crippen LogP contribution in [0.2, 0.25) is 0 Å². The second-order valence-corrected chi connectivity index (χ2v) is 9.43. The average Bonchev–Trinajstić information content (AvgIpc) is 2.96. The molecule has 0 saturated carbocycles. The molecule has 1 aliphatic heterocycles. The molecule has 2 heterocycles. The van der Waals surface area contributed by atoms with Crippen LogP contribution >= 0.6 is 0 Å². The monoisotopic (exact) mass is 436 g/mol. The number of amides is 1. The summed E-state index contributed by atoms with van der Waals surface area (Å²) in [6.07, 6.45) is 4.22. The van der Waals surface area contributed by atoms with E-state index in [1.807, 2.05) is 6.20 Å². The maximum absolute atomic E-state index is 13.0. The summed E-state index contributed by atoms with van der Waals surface area (Å²) in [4.78, 5) is 14.5. The number of fused-ring (bicyclic) bond motifs is 1. The van der Waals surface area contributed by atoms with Crippen molar-refractivity contribution in [3.63, 3.8) is 0 Å². The van der Waals surface area contributed by atoms with Gasteiger partial charge in [0.2, 0.25) is 15.9 Å². The number of aryl methyl sites for hydroxylation is 1. The third-order valence-corrected chi connectivity index (χ3v) is 6.24. The molecule has 1 N–H and O–H groups in total. The number of nitrogens with zero attached hydrogens (tertiary/aromatic N) is 3. The Morgan fingerprint density at radius 3 is 2.60 bits per heavy atom. The van der Waals surface area contributed by atoms with Crippen molar-refractivity contribution in [3.8, 4) is 11.5 Å². The summed E-state index contributed by atoms with van der Waals surface area (Å²) < 4.78 is 41.4. The van der Waals surface area contributed by atoms with Crippen LogP contribution in [0.15, 0.2) is 35.5 Å². The van der Waals surface area contributed by atoms with Crippen molar-refractivity contribution < 1.29 is 22.7 Å². The van der Waals surface area contributed by atoms with Gasteiger partial charge < -0.3 is 14.4 Å². The highest BCUT2D eigenvalue weighted by Crippen LogP contribution is 2.32. The van der Waals surface area contributed by atoms with E-state index in [9.17, 15) is 13.2 Å². The number of likely N-dealkylation sites (N-methyl/N-ethyl adjacent to an activating group) is 1. The average molecular weight is 437 g/mol. The van der Waals surface area contributed by atoms with Gasteiger partial charge >= 0.3 is 0 Å². The molecule has 1 aromatic heterocycles. The van der Waals surface area contributed by atoms with Crippen molar-refractivity contribution >= 4 is 15.9 Å². The molecule has 1 aromatic carbocycles. The number of benzene rings is 1. The molecule has 0 bridgehead atoms. The molecule has 0 saturated heterocycles. The van der Waals surface area contributed by atoms with Gasteiger partial charge in [0.05, 0.1) is 24.3 Å². The molecule has 0 fully saturated rings. The Balaban J connectivity index is 1.78. The van der Waals surface area contributed by atoms with E-state index in [4.69, 9.17) is 9.47 Å². The molecule has 9 nitrogen and oxygen atoms in total. The zero-order valence-electron chi connectivity index (χ0n) is 17.7. The van der Waals surface area contributed by atoms with E-state index in [1.54, 1.807) is 44.9 Å². The van der Waals surface area contributed by atoms with Crippen LogP contribution < -0.4 is 14.2 Å². The largest absolute Gasteiger partial charge is 0.490 e. The minimum absolute atomic E-state index is 0.0279. The van der Waals surface area contributed by atoms with E-state index >= 15 is 0 Å². The molecule has 10 heteroatoms. The van der Waals surface area contributed by atoms with Crippen molar-refractivity contribution in [1.29, 1.82) is 0 Å². The standard InChI is InChI=1S/C20H28N4O5S/c1-14(2)19(20(25)23(3)12-15-11-21-24(4)13-15)22-30(26,27)16-6-7-17-18(10-16)29-9-5-8-28-17/h6-7,10-11,13-14,19,22H,5,8-9,12H2,1-4H3. The zero-order chi connectivity index (χ0) is 21.9. The Hall–Kier alpha value is -2.59. The van der Waals surface area contributed by atoms with E-state index in [0.29, 0.717) is 31.3 Å². The molecule has 1 unspecified atom stereocenters. The van der Waals surface area contributed by atoms with Gasteiger partial charge in [-0.1, -0.05) is 13.8 Å². The first kappa shape index (κ1) is 22.1. The second-order valence-electron chi connectivity index (χ2n) is 7.72. The van der Waals surface area contributed by atoms with Crippen molar-refractivity contribution in [2.75, 3.05) is 20.3 Å². The SMILES string of the molecule is CC(C)C(NS(=O)(=O)c1ccc2c(c1)OCCCO2)C(=O)N(C)Cc1cnn(C)c1. The van der Waals surface area contributed by atoms with Gasteiger partial charge in [-0.15, -0.1) is 0 Å². The fourth-order valence-corrected chi connectivity index (χ4v) is 4.51. The number of carbonyl (C=O) groups excluding carboxylic acids is 1. The molecule has 0 radical (unpaired) electrons. The summed E-state index contributed by atoms with van der Waals surface area (Å²) in [6, 6.07) is 3.56. The number of nitrogens with one attached hydrogen (secondary N) is 1. The summed E-state index contributed by atoms with van der Waals surface area (Å²) in [6.45, 7) is 4.91. The van der Waals surface area contributed by atoms with Crippen LogP contribution in [0.1, 0.15) is 25.8 Å². The first-order valence-corrected chi connectivity index (χ1v) is 11.3. The third-order valence-electron chi connectivity index (χ3n) is 4.80. The molecule has 1 atom stereocenters. The first-order chi connectivity index (χ1) is 14.2. The van der Waals surface area contributed by atoms with Crippen molar-refractivity contribution in [3.05, 3.63) is 36.2 Å². The Morgan fingerprint density at radius 2 is 1.97 bits per heavy atom. The van der Waals surface area contributed by atoms with Crippen LogP contribution in [-0.4, -0.2) is 55.3 Å². The number of aromatic nitrogens is 2. The maximum atomic E-state index is 13.0. The molecule has 1 amide bonds. The van der Waals surface area contributed by atoms with Gasteiger partial charge in [0.15, 0.2) is 11.5 Å². The Labute approximate surface area is 177 Å². The van der Waals surface area contributed by atoms with Crippen molar-refractivity contribution in [1.82, 2.24) is 19.4 Å². The topological polar surface area (TPSA) is 103 Å². The van der Waals surface area contributed by atoms with Gasteiger partial charge in [0.25, 0.3) is 0 Å². The lowest BCUT2D eigenvalue weighted by atomic mass is 10.0. The molecular formula is C20H28N4O5S. The minimum Gasteiger partial charge on any atom is -0.490 e. The van der Waals surface area contributed by atoms with E-state index in [0.717, 1.165) is 12.0 Å². The predicted molar refractivity (Wildman–Crippen MR) is 111 cm³/mol. The number of ether oxygens (including phenoxy) is 2. The van der Waals surface area contributed by atoms with E-state index in [2.05, 4.69) is 9.82 Å². The van der Waals surface area contributed by atoms with Crippen LogP contribution in [0.5, 0.6) is 11.5 Å². The number of carbonyl (C=O) groups is 1. The number of sulfonamides is 1. The highest BCUT2D eigenvalue weighted by molar-refractivity contribution is 7.89. The Kier molecular flexibility index (Phi) is 6.67. The normalized spacial score (nSPS) is 15.0. The summed E-state index contributed by atoms with van der Waals surface area (Å²) in [5, 5.41) is 4.10. The molecule has 0 spiro atoms. The van der Waals surface area contributed by atoms with Gasteiger partial charge in [0, 0.05) is 44.9 Å². The number of rotatable bonds is 7. The summed E-state index contributed by atoms with van der Waals surface area (Å²) in [7, 11) is -0.504. The lowest BCUT2D eigenvalue weighted by molar-refractivity contribution is -0.133. The lowest BCUT2D eigenvalue weighted by Crippen LogP contribution is -2.49. The Morgan fingerprint density at radius 1 is 1.27 bits per heavy atom. The zero-order valence-corrected chi connectivity index (χ0v) is 18.5. The molecule has 2 aromatic rings. The minimum atomic E-state index is -3.95. The summed E-state index contributed by atoms with van der Waals surface area (Å²) in [5.74, 6) is 0.339. The predicted octanol–water partition coefficient (Wildman–Crippen LogP) is 1.54. The first-order valence-electron chi connectivity index (χ1n) is 9.82. The van der Waals surface area contributed by atoms with E-state index < -0.39 is 16.1 Å². The van der Waals surface area contributed by atoms with Gasteiger partial charge in [-0.2, -0.15) is 9.82 Å². The molecule has 164 valence electrons. The third kappa shape index (κ3) is 5.11. The van der Waals surface area contributed by atoms with Gasteiger partial charge in [-0.3, -0.25) is 9.48 Å². The number of hydrogen-bond acceptors (Lipinski definition) is 6. The van der Waals surface area contributed by atoms with Crippen LogP contribution in [0.3, 0.4) is 0 Å². The summed E-state index contributed by atoms with van der Waals surface area (Å²) in [5.41, 5.74) is 0.863. The van der Waals surface area contributed by atoms with Gasteiger partial charge in [0.1, 0.15) is 6.04 Å². The molecule has 1 aliphatic rings. The molecule has 0 aliphatic carbocycles. The highest BCUT2D eigenvalue weighted by atomic mass is 32.2. The van der Waals surface area contributed by atoms with Gasteiger partial charge in [-0.25, -0.2) is 8.42 Å². The fraction of sp³-hybridized carbons (Fsp3) is 0.500. The molecule has 3 rings (SSSR count). The van der Waals surface area contributed by atoms with E-state index in [-0.39, 0.29) is 16.7 Å². The Bertz CT molecular complexity index is 1000. The van der Waals surface area contributed by atoms with Crippen LogP contribution in [-0.2, 0) is 28.4 Å². The smallest absolute Gasteiger partial charge is 0.241 e. The fourth-order valence-electron chi connectivity index (χ4n) is 3.16. The van der Waals surface area contributed by atoms with E-state index in [1.165, 1.54) is 17.0 Å². The van der Waals surface area contributed by atoms with Crippen LogP contribution in [0.4, 0.5) is 0 Å². The highest BCUT2D eigenvalue weighted by Gasteiger charge is 2.31. The molecule has 30 heavy (non-hydrogen) atoms. The van der Waals surface area contributed by atoms with Gasteiger partial charge in [-0.05, 0) is 18.1 Å². The lowest BCUT2D eigenvalue weighted by Gasteiger charge is -2.26. The summed E-state index contributed by atoms with van der Waals surface area (Å²) >= 11 is 0. The second kappa shape index (κ2) is 9.05. The van der Waals surface area contributed by atoms with Crippen molar-refractivity contribution in [2.45, 2.75) is 37.8 Å². The van der Waals surface area contributed by atoms with Crippen LogP contribution in [0, 0.1) is 5.92 Å². The van der Waals surface area contributed by atoms with Crippen LogP contribution in [0.25, 0.3) is 0 Å². The molecular weight excluding hydrogens is 408 g/mol. The quantitative estimate of drug-likeness (QED) is 0.706.